The van der Waals surface area contributed by atoms with Gasteiger partial charge in [-0.15, -0.1) is 9.45 Å². The van der Waals surface area contributed by atoms with Gasteiger partial charge < -0.3 is 10.4 Å². The van der Waals surface area contributed by atoms with Crippen molar-refractivity contribution in [2.75, 3.05) is 5.32 Å². The zero-order chi connectivity index (χ0) is 27.6. The number of aromatic nitrogens is 3. The van der Waals surface area contributed by atoms with Gasteiger partial charge in [-0.05, 0) is 52.7 Å². The summed E-state index contributed by atoms with van der Waals surface area (Å²) in [4.78, 5) is 10.7. The zero-order valence-corrected chi connectivity index (χ0v) is 21.6. The molecule has 13 nitrogen and oxygen atoms in total. The second kappa shape index (κ2) is 11.0. The molecule has 0 saturated carbocycles. The van der Waals surface area contributed by atoms with Crippen LogP contribution in [0.25, 0.3) is 21.5 Å². The van der Waals surface area contributed by atoms with E-state index in [4.69, 9.17) is 16.9 Å². The molecule has 198 valence electrons. The summed E-state index contributed by atoms with van der Waals surface area (Å²) in [6.07, 6.45) is 1.10. The lowest BCUT2D eigenvalue weighted by atomic mass is 10.1. The summed E-state index contributed by atoms with van der Waals surface area (Å²) in [7, 11) is -4.90. The maximum Gasteiger partial charge on any atom is 0.297 e. The predicted molar refractivity (Wildman–Crippen MR) is 142 cm³/mol. The van der Waals surface area contributed by atoms with Crippen LogP contribution >= 0.6 is 23.6 Å². The molecule has 0 amide bonds. The van der Waals surface area contributed by atoms with Crippen LogP contribution in [0.3, 0.4) is 0 Å². The molecule has 5 aromatic rings. The highest BCUT2D eigenvalue weighted by Gasteiger charge is 2.25. The summed E-state index contributed by atoms with van der Waals surface area (Å²) in [5.74, 6) is -0.586. The SMILES string of the molecule is O=S(=O)(O)c1c(Nc2ncnc(Cl)n2)ccc2c(O)c(N=Nc3ccc4ccccc4c3)c(SOOO)cc12. The van der Waals surface area contributed by atoms with Gasteiger partial charge in [0.05, 0.1) is 28.3 Å². The third kappa shape index (κ3) is 5.74. The first-order chi connectivity index (χ1) is 18.7. The van der Waals surface area contributed by atoms with Gasteiger partial charge in [0.1, 0.15) is 16.9 Å². The first-order valence-corrected chi connectivity index (χ1v) is 13.3. The van der Waals surface area contributed by atoms with Gasteiger partial charge in [0.15, 0.2) is 5.75 Å². The summed E-state index contributed by atoms with van der Waals surface area (Å²) in [5, 5.41) is 36.1. The van der Waals surface area contributed by atoms with Gasteiger partial charge in [-0.3, -0.25) is 4.55 Å². The first kappa shape index (κ1) is 26.6. The minimum absolute atomic E-state index is 0.00332. The largest absolute Gasteiger partial charge is 0.505 e. The fraction of sp³-hybridized carbons (Fsp3) is 0. The molecule has 0 aliphatic heterocycles. The van der Waals surface area contributed by atoms with Crippen molar-refractivity contribution in [1.29, 1.82) is 0 Å². The number of nitrogens with one attached hydrogen (secondary N) is 1. The molecule has 0 saturated heterocycles. The van der Waals surface area contributed by atoms with Crippen molar-refractivity contribution < 1.29 is 32.7 Å². The Morgan fingerprint density at radius 2 is 1.77 bits per heavy atom. The molecule has 0 fully saturated rings. The maximum atomic E-state index is 12.5. The normalized spacial score (nSPS) is 12.0. The summed E-state index contributed by atoms with van der Waals surface area (Å²) in [6, 6.07) is 16.9. The summed E-state index contributed by atoms with van der Waals surface area (Å²) in [5.41, 5.74) is 0.217. The summed E-state index contributed by atoms with van der Waals surface area (Å²) < 4.78 is 39.6. The van der Waals surface area contributed by atoms with Gasteiger partial charge in [0.25, 0.3) is 10.1 Å². The predicted octanol–water partition coefficient (Wildman–Crippen LogP) is 6.37. The van der Waals surface area contributed by atoms with E-state index in [9.17, 15) is 18.1 Å². The maximum absolute atomic E-state index is 12.5. The number of aromatic hydroxyl groups is 1. The van der Waals surface area contributed by atoms with Crippen LogP contribution in [0.15, 0.2) is 87.0 Å². The molecule has 0 spiro atoms. The lowest BCUT2D eigenvalue weighted by Gasteiger charge is -2.15. The van der Waals surface area contributed by atoms with E-state index in [-0.39, 0.29) is 38.3 Å². The minimum Gasteiger partial charge on any atom is -0.505 e. The lowest BCUT2D eigenvalue weighted by Crippen LogP contribution is -2.06. The first-order valence-electron chi connectivity index (χ1n) is 10.7. The molecule has 0 unspecified atom stereocenters. The molecule has 0 aliphatic carbocycles. The molecule has 1 aromatic heterocycles. The zero-order valence-electron chi connectivity index (χ0n) is 19.3. The topological polar surface area (TPSA) is 189 Å². The Balaban J connectivity index is 1.66. The van der Waals surface area contributed by atoms with Crippen LogP contribution in [-0.2, 0) is 19.5 Å². The lowest BCUT2D eigenvalue weighted by molar-refractivity contribution is -0.432. The van der Waals surface area contributed by atoms with Crippen LogP contribution in [0, 0.1) is 0 Å². The number of hydrogen-bond donors (Lipinski definition) is 4. The van der Waals surface area contributed by atoms with Gasteiger partial charge in [-0.25, -0.2) is 15.2 Å². The Labute approximate surface area is 229 Å². The van der Waals surface area contributed by atoms with Crippen molar-refractivity contribution >= 4 is 78.3 Å². The molecule has 5 rings (SSSR count). The molecule has 4 N–H and O–H groups in total. The van der Waals surface area contributed by atoms with E-state index in [1.54, 1.807) is 12.1 Å². The molecule has 4 aromatic carbocycles. The number of phenolic OH excluding ortho intramolecular Hbond substituents is 1. The monoisotopic (exact) mass is 586 g/mol. The second-order valence-electron chi connectivity index (χ2n) is 7.74. The number of phenols is 1. The number of anilines is 2. The standard InChI is InChI=1S/C23H15ClN6O7S2/c24-22-25-11-26-23(28-22)27-17-8-7-15-16(21(17)39(33,34)35)10-18(38-37-36-32)19(20(15)31)30-29-14-6-5-12-3-1-2-4-13(12)9-14/h1-11,31-32H,(H,33,34,35)(H,25,26,27,28). The van der Waals surface area contributed by atoms with Gasteiger partial charge in [0.2, 0.25) is 11.2 Å². The molecular weight excluding hydrogens is 572 g/mol. The van der Waals surface area contributed by atoms with Crippen molar-refractivity contribution in [2.45, 2.75) is 9.79 Å². The fourth-order valence-corrected chi connectivity index (χ4v) is 5.24. The summed E-state index contributed by atoms with van der Waals surface area (Å²) >= 11 is 6.19. The third-order valence-electron chi connectivity index (χ3n) is 5.38. The van der Waals surface area contributed by atoms with E-state index in [0.717, 1.165) is 17.1 Å². The highest BCUT2D eigenvalue weighted by Crippen LogP contribution is 2.47. The van der Waals surface area contributed by atoms with Crippen molar-refractivity contribution in [3.8, 4) is 5.75 Å². The van der Waals surface area contributed by atoms with Crippen LogP contribution in [0.1, 0.15) is 0 Å². The average molecular weight is 587 g/mol. The Kier molecular flexibility index (Phi) is 7.53. The van der Waals surface area contributed by atoms with Crippen LogP contribution in [0.4, 0.5) is 23.0 Å². The number of rotatable bonds is 8. The number of benzene rings is 4. The quantitative estimate of drug-likeness (QED) is 0.0517. The van der Waals surface area contributed by atoms with Crippen molar-refractivity contribution in [1.82, 2.24) is 15.0 Å². The molecule has 0 atom stereocenters. The Morgan fingerprint density at radius 1 is 0.974 bits per heavy atom. The molecule has 0 aliphatic rings. The number of hydrogen-bond acceptors (Lipinski definition) is 13. The number of nitrogens with zero attached hydrogens (tertiary/aromatic N) is 5. The average Bonchev–Trinajstić information content (AvgIpc) is 2.90. The fourth-order valence-electron chi connectivity index (χ4n) is 3.79. The smallest absolute Gasteiger partial charge is 0.297 e. The number of fused-ring (bicyclic) bond motifs is 2. The molecular formula is C23H15ClN6O7S2. The van der Waals surface area contributed by atoms with E-state index < -0.39 is 20.8 Å². The second-order valence-corrected chi connectivity index (χ2v) is 10.2. The van der Waals surface area contributed by atoms with Crippen molar-refractivity contribution in [3.63, 3.8) is 0 Å². The van der Waals surface area contributed by atoms with Gasteiger partial charge in [-0.1, -0.05) is 35.4 Å². The van der Waals surface area contributed by atoms with Gasteiger partial charge >= 0.3 is 0 Å². The number of halogens is 1. The molecule has 1 heterocycles. The molecule has 0 bridgehead atoms. The Bertz CT molecular complexity index is 1860. The van der Waals surface area contributed by atoms with E-state index >= 15 is 0 Å². The van der Waals surface area contributed by atoms with Crippen LogP contribution in [0.5, 0.6) is 5.75 Å². The van der Waals surface area contributed by atoms with E-state index in [0.29, 0.717) is 17.7 Å². The van der Waals surface area contributed by atoms with Crippen LogP contribution in [-0.4, -0.2) is 38.3 Å². The molecule has 39 heavy (non-hydrogen) atoms. The minimum atomic E-state index is -4.90. The van der Waals surface area contributed by atoms with Crippen molar-refractivity contribution in [3.05, 3.63) is 72.3 Å². The Hall–Kier alpha value is -3.96. The molecule has 0 radical (unpaired) electrons. The van der Waals surface area contributed by atoms with Crippen LogP contribution in [0.2, 0.25) is 5.28 Å². The highest BCUT2D eigenvalue weighted by molar-refractivity contribution is 7.94. The number of azo groups is 1. The molecule has 16 heteroatoms. The van der Waals surface area contributed by atoms with Gasteiger partial charge in [-0.2, -0.15) is 18.5 Å². The van der Waals surface area contributed by atoms with Gasteiger partial charge in [0, 0.05) is 10.8 Å². The Morgan fingerprint density at radius 3 is 2.51 bits per heavy atom. The highest BCUT2D eigenvalue weighted by atomic mass is 35.5. The van der Waals surface area contributed by atoms with E-state index in [2.05, 4.69) is 39.9 Å². The van der Waals surface area contributed by atoms with E-state index in [1.165, 1.54) is 18.2 Å². The van der Waals surface area contributed by atoms with Crippen molar-refractivity contribution in [2.24, 2.45) is 10.2 Å². The summed E-state index contributed by atoms with van der Waals surface area (Å²) in [6.45, 7) is 0. The van der Waals surface area contributed by atoms with E-state index in [1.807, 2.05) is 30.3 Å². The van der Waals surface area contributed by atoms with Crippen LogP contribution < -0.4 is 5.32 Å². The third-order valence-corrected chi connectivity index (χ3v) is 7.14.